The van der Waals surface area contributed by atoms with Gasteiger partial charge in [-0.05, 0) is 30.3 Å². The second-order valence-corrected chi connectivity index (χ2v) is 5.70. The third kappa shape index (κ3) is 2.72. The molecular weight excluding hydrogens is 329 g/mol. The minimum Gasteiger partial charge on any atom is -0.396 e. The Morgan fingerprint density at radius 3 is 2.48 bits per heavy atom. The van der Waals surface area contributed by atoms with E-state index in [9.17, 15) is 0 Å². The van der Waals surface area contributed by atoms with E-state index in [-0.39, 0.29) is 0 Å². The highest BCUT2D eigenvalue weighted by atomic mass is 35.5. The molecule has 0 aliphatic rings. The SMILES string of the molecule is Nc1cn(-c2ccccc2Cl)nc1-c1cc(Cl)ccc1Cl. The van der Waals surface area contributed by atoms with Crippen LogP contribution in [-0.2, 0) is 0 Å². The lowest BCUT2D eigenvalue weighted by atomic mass is 10.1. The lowest BCUT2D eigenvalue weighted by Crippen LogP contribution is -1.95. The van der Waals surface area contributed by atoms with Gasteiger partial charge in [0.15, 0.2) is 0 Å². The summed E-state index contributed by atoms with van der Waals surface area (Å²) in [6.07, 6.45) is 1.70. The number of benzene rings is 2. The summed E-state index contributed by atoms with van der Waals surface area (Å²) in [5, 5.41) is 6.17. The van der Waals surface area contributed by atoms with Gasteiger partial charge in [0, 0.05) is 10.6 Å². The Balaban J connectivity index is 2.15. The van der Waals surface area contributed by atoms with Crippen LogP contribution in [-0.4, -0.2) is 9.78 Å². The summed E-state index contributed by atoms with van der Waals surface area (Å²) in [5.41, 5.74) is 8.56. The molecule has 6 heteroatoms. The predicted octanol–water partition coefficient (Wildman–Crippen LogP) is 5.08. The molecule has 3 rings (SSSR count). The zero-order chi connectivity index (χ0) is 15.0. The number of nitrogen functional groups attached to an aromatic ring is 1. The number of para-hydroxylation sites is 1. The molecule has 3 nitrogen and oxygen atoms in total. The highest BCUT2D eigenvalue weighted by Gasteiger charge is 2.14. The van der Waals surface area contributed by atoms with Crippen molar-refractivity contribution in [1.82, 2.24) is 9.78 Å². The maximum Gasteiger partial charge on any atom is 0.117 e. The zero-order valence-corrected chi connectivity index (χ0v) is 13.0. The number of hydrogen-bond acceptors (Lipinski definition) is 2. The van der Waals surface area contributed by atoms with E-state index in [0.717, 1.165) is 5.69 Å². The molecule has 0 aliphatic carbocycles. The van der Waals surface area contributed by atoms with Crippen LogP contribution in [0.1, 0.15) is 0 Å². The molecule has 106 valence electrons. The number of nitrogens with zero attached hydrogens (tertiary/aromatic N) is 2. The number of halogens is 3. The first-order valence-corrected chi connectivity index (χ1v) is 7.25. The Morgan fingerprint density at radius 1 is 0.952 bits per heavy atom. The fourth-order valence-electron chi connectivity index (χ4n) is 2.04. The molecule has 0 aliphatic heterocycles. The summed E-state index contributed by atoms with van der Waals surface area (Å²) in [7, 11) is 0. The molecular formula is C15H10Cl3N3. The van der Waals surface area contributed by atoms with Crippen LogP contribution in [0.3, 0.4) is 0 Å². The van der Waals surface area contributed by atoms with E-state index in [2.05, 4.69) is 5.10 Å². The monoisotopic (exact) mass is 337 g/mol. The lowest BCUT2D eigenvalue weighted by Gasteiger charge is -2.04. The molecule has 0 fully saturated rings. The third-order valence-corrected chi connectivity index (χ3v) is 3.91. The van der Waals surface area contributed by atoms with Crippen LogP contribution in [0.15, 0.2) is 48.7 Å². The van der Waals surface area contributed by atoms with Crippen molar-refractivity contribution in [2.45, 2.75) is 0 Å². The first-order chi connectivity index (χ1) is 10.1. The molecule has 1 heterocycles. The topological polar surface area (TPSA) is 43.8 Å². The van der Waals surface area contributed by atoms with Crippen molar-refractivity contribution < 1.29 is 0 Å². The van der Waals surface area contributed by atoms with E-state index >= 15 is 0 Å². The van der Waals surface area contributed by atoms with Gasteiger partial charge in [-0.2, -0.15) is 5.10 Å². The third-order valence-electron chi connectivity index (χ3n) is 3.03. The standard InChI is InChI=1S/C15H10Cl3N3/c16-9-5-6-11(17)10(7-9)15-13(19)8-21(20-15)14-4-2-1-3-12(14)18/h1-8H,19H2. The van der Waals surface area contributed by atoms with Gasteiger partial charge in [-0.3, -0.25) is 0 Å². The van der Waals surface area contributed by atoms with E-state index in [1.807, 2.05) is 18.2 Å². The van der Waals surface area contributed by atoms with Gasteiger partial charge in [0.05, 0.1) is 27.6 Å². The Hall–Kier alpha value is -1.68. The van der Waals surface area contributed by atoms with Gasteiger partial charge >= 0.3 is 0 Å². The van der Waals surface area contributed by atoms with Crippen molar-refractivity contribution in [2.75, 3.05) is 5.73 Å². The highest BCUT2D eigenvalue weighted by Crippen LogP contribution is 2.34. The molecule has 0 radical (unpaired) electrons. The number of hydrogen-bond donors (Lipinski definition) is 1. The number of rotatable bonds is 2. The van der Waals surface area contributed by atoms with Crippen molar-refractivity contribution in [3.05, 3.63) is 63.7 Å². The second kappa shape index (κ2) is 5.60. The van der Waals surface area contributed by atoms with Crippen LogP contribution in [0, 0.1) is 0 Å². The van der Waals surface area contributed by atoms with Crippen LogP contribution >= 0.6 is 34.8 Å². The van der Waals surface area contributed by atoms with Crippen molar-refractivity contribution in [2.24, 2.45) is 0 Å². The van der Waals surface area contributed by atoms with Gasteiger partial charge in [-0.25, -0.2) is 4.68 Å². The maximum atomic E-state index is 6.20. The normalized spacial score (nSPS) is 10.8. The average Bonchev–Trinajstić information content (AvgIpc) is 2.84. The summed E-state index contributed by atoms with van der Waals surface area (Å²) >= 11 is 18.4. The molecule has 0 atom stereocenters. The van der Waals surface area contributed by atoms with Gasteiger partial charge < -0.3 is 5.73 Å². The summed E-state index contributed by atoms with van der Waals surface area (Å²) in [6.45, 7) is 0. The average molecular weight is 339 g/mol. The number of anilines is 1. The molecule has 0 saturated carbocycles. The van der Waals surface area contributed by atoms with Gasteiger partial charge in [-0.1, -0.05) is 46.9 Å². The fourth-order valence-corrected chi connectivity index (χ4v) is 2.64. The van der Waals surface area contributed by atoms with Gasteiger partial charge in [-0.15, -0.1) is 0 Å². The van der Waals surface area contributed by atoms with Crippen molar-refractivity contribution >= 4 is 40.5 Å². The predicted molar refractivity (Wildman–Crippen MR) is 88.4 cm³/mol. The smallest absolute Gasteiger partial charge is 0.117 e. The summed E-state index contributed by atoms with van der Waals surface area (Å²) in [6, 6.07) is 12.6. The Labute approximate surface area is 136 Å². The summed E-state index contributed by atoms with van der Waals surface area (Å²) in [4.78, 5) is 0. The number of aromatic nitrogens is 2. The lowest BCUT2D eigenvalue weighted by molar-refractivity contribution is 0.885. The van der Waals surface area contributed by atoms with E-state index in [1.54, 1.807) is 35.1 Å². The van der Waals surface area contributed by atoms with Crippen LogP contribution in [0.5, 0.6) is 0 Å². The molecule has 0 amide bonds. The Kier molecular flexibility index (Phi) is 3.81. The second-order valence-electron chi connectivity index (χ2n) is 4.45. The van der Waals surface area contributed by atoms with E-state index in [4.69, 9.17) is 40.5 Å². The largest absolute Gasteiger partial charge is 0.396 e. The van der Waals surface area contributed by atoms with E-state index < -0.39 is 0 Å². The van der Waals surface area contributed by atoms with Crippen molar-refractivity contribution in [1.29, 1.82) is 0 Å². The van der Waals surface area contributed by atoms with E-state index in [1.165, 1.54) is 0 Å². The first-order valence-electron chi connectivity index (χ1n) is 6.12. The number of nitrogens with two attached hydrogens (primary N) is 1. The molecule has 1 aromatic heterocycles. The minimum atomic E-state index is 0.499. The quantitative estimate of drug-likeness (QED) is 0.708. The van der Waals surface area contributed by atoms with Crippen LogP contribution in [0.4, 0.5) is 5.69 Å². The molecule has 2 aromatic carbocycles. The van der Waals surface area contributed by atoms with E-state index in [0.29, 0.717) is 32.0 Å². The molecule has 0 saturated heterocycles. The Morgan fingerprint density at radius 2 is 1.71 bits per heavy atom. The van der Waals surface area contributed by atoms with Crippen molar-refractivity contribution in [3.8, 4) is 16.9 Å². The highest BCUT2D eigenvalue weighted by molar-refractivity contribution is 6.35. The Bertz CT molecular complexity index is 812. The molecule has 2 N–H and O–H groups in total. The van der Waals surface area contributed by atoms with Crippen LogP contribution < -0.4 is 5.73 Å². The van der Waals surface area contributed by atoms with Crippen molar-refractivity contribution in [3.63, 3.8) is 0 Å². The summed E-state index contributed by atoms with van der Waals surface area (Å²) in [5.74, 6) is 0. The minimum absolute atomic E-state index is 0.499. The summed E-state index contributed by atoms with van der Waals surface area (Å²) < 4.78 is 1.63. The molecule has 0 bridgehead atoms. The maximum absolute atomic E-state index is 6.20. The van der Waals surface area contributed by atoms with Gasteiger partial charge in [0.2, 0.25) is 0 Å². The van der Waals surface area contributed by atoms with Gasteiger partial charge in [0.25, 0.3) is 0 Å². The molecule has 0 spiro atoms. The fraction of sp³-hybridized carbons (Fsp3) is 0. The molecule has 0 unspecified atom stereocenters. The first kappa shape index (κ1) is 14.3. The van der Waals surface area contributed by atoms with Gasteiger partial charge in [0.1, 0.15) is 5.69 Å². The van der Waals surface area contributed by atoms with Crippen LogP contribution in [0.2, 0.25) is 15.1 Å². The molecule has 21 heavy (non-hydrogen) atoms. The van der Waals surface area contributed by atoms with Crippen LogP contribution in [0.25, 0.3) is 16.9 Å². The molecule has 3 aromatic rings. The zero-order valence-electron chi connectivity index (χ0n) is 10.7.